The first-order chi connectivity index (χ1) is 13.9. The molecule has 2 fully saturated rings. The summed E-state index contributed by atoms with van der Waals surface area (Å²) < 4.78 is 18.7. The van der Waals surface area contributed by atoms with Crippen molar-refractivity contribution in [1.29, 1.82) is 0 Å². The van der Waals surface area contributed by atoms with Crippen LogP contribution >= 0.6 is 0 Å². The van der Waals surface area contributed by atoms with Gasteiger partial charge < -0.3 is 14.2 Å². The minimum absolute atomic E-state index is 0.0247. The van der Waals surface area contributed by atoms with Crippen LogP contribution in [0.15, 0.2) is 42.2 Å². The van der Waals surface area contributed by atoms with Crippen LogP contribution in [-0.2, 0) is 20.8 Å². The van der Waals surface area contributed by atoms with Crippen molar-refractivity contribution in [3.63, 3.8) is 0 Å². The van der Waals surface area contributed by atoms with E-state index < -0.39 is 5.97 Å². The number of carbonyl (C=O) groups is 1. The number of hydrogen-bond acceptors (Lipinski definition) is 4. The highest BCUT2D eigenvalue weighted by molar-refractivity contribution is 5.71. The maximum absolute atomic E-state index is 12.9. The fraction of sp³-hybridized carbons (Fsp3) is 0.625. The van der Waals surface area contributed by atoms with Gasteiger partial charge in [0.05, 0.1) is 11.9 Å². The van der Waals surface area contributed by atoms with E-state index in [1.54, 1.807) is 4.90 Å². The molecular weight excluding hydrogens is 366 g/mol. The summed E-state index contributed by atoms with van der Waals surface area (Å²) in [6.07, 6.45) is 5.68. The molecule has 1 aromatic carbocycles. The summed E-state index contributed by atoms with van der Waals surface area (Å²) in [6.45, 7) is 9.17. The third kappa shape index (κ3) is 4.02. The van der Waals surface area contributed by atoms with Gasteiger partial charge in [0.15, 0.2) is 0 Å². The number of hydrogen-bond donors (Lipinski definition) is 0. The molecule has 29 heavy (non-hydrogen) atoms. The molecule has 0 aromatic heterocycles. The van der Waals surface area contributed by atoms with Gasteiger partial charge in [-0.3, -0.25) is 4.90 Å². The van der Waals surface area contributed by atoms with Crippen LogP contribution in [0.25, 0.3) is 0 Å². The second-order valence-electron chi connectivity index (χ2n) is 9.24. The van der Waals surface area contributed by atoms with Gasteiger partial charge in [0.25, 0.3) is 0 Å². The van der Waals surface area contributed by atoms with Gasteiger partial charge >= 0.3 is 12.1 Å². The Morgan fingerprint density at radius 3 is 2.69 bits per heavy atom. The Labute approximate surface area is 174 Å². The van der Waals surface area contributed by atoms with E-state index in [-0.39, 0.29) is 18.2 Å². The molecule has 3 aliphatic rings. The molecule has 1 aromatic rings. The van der Waals surface area contributed by atoms with Gasteiger partial charge in [0.1, 0.15) is 6.04 Å². The van der Waals surface area contributed by atoms with Crippen molar-refractivity contribution in [3.05, 3.63) is 47.7 Å². The SMILES string of the molecule is CC1=CCC2N(Cc3ccccc3)C(=O)OC2(OC2C[C@H](C)CC[C@H]2C(C)C)O1. The lowest BCUT2D eigenvalue weighted by molar-refractivity contribution is -0.367. The molecule has 0 N–H and O–H groups in total. The Balaban J connectivity index is 1.60. The van der Waals surface area contributed by atoms with E-state index in [1.807, 2.05) is 43.3 Å². The first-order valence-corrected chi connectivity index (χ1v) is 10.9. The summed E-state index contributed by atoms with van der Waals surface area (Å²) in [4.78, 5) is 14.7. The second-order valence-corrected chi connectivity index (χ2v) is 9.24. The molecule has 1 amide bonds. The first kappa shape index (κ1) is 20.3. The van der Waals surface area contributed by atoms with Gasteiger partial charge in [0, 0.05) is 6.54 Å². The van der Waals surface area contributed by atoms with E-state index >= 15 is 0 Å². The van der Waals surface area contributed by atoms with Crippen molar-refractivity contribution < 1.29 is 19.0 Å². The predicted octanol–water partition coefficient (Wildman–Crippen LogP) is 5.46. The highest BCUT2D eigenvalue weighted by atomic mass is 16.9. The zero-order valence-corrected chi connectivity index (χ0v) is 18.0. The quantitative estimate of drug-likeness (QED) is 0.659. The lowest BCUT2D eigenvalue weighted by atomic mass is 9.75. The van der Waals surface area contributed by atoms with E-state index in [0.717, 1.165) is 24.2 Å². The standard InChI is InChI=1S/C24H33NO4/c1-16(2)20-12-10-17(3)14-21(20)28-24-22(13-11-18(4)27-24)25(23(26)29-24)15-19-8-6-5-7-9-19/h5-9,11,16-17,20-22H,10,12-15H2,1-4H3/t17-,20+,21?,22?,24?/m1/s1. The maximum Gasteiger partial charge on any atom is 0.415 e. The van der Waals surface area contributed by atoms with Crippen molar-refractivity contribution in [1.82, 2.24) is 4.90 Å². The Hall–Kier alpha value is -2.01. The molecule has 2 heterocycles. The number of amides is 1. The average Bonchev–Trinajstić information content (AvgIpc) is 2.92. The molecule has 0 bridgehead atoms. The smallest absolute Gasteiger partial charge is 0.415 e. The molecule has 1 saturated heterocycles. The second kappa shape index (κ2) is 8.02. The van der Waals surface area contributed by atoms with Gasteiger partial charge in [-0.2, -0.15) is 0 Å². The molecule has 5 nitrogen and oxygen atoms in total. The molecule has 0 radical (unpaired) electrons. The average molecular weight is 400 g/mol. The molecule has 5 heteroatoms. The number of fused-ring (bicyclic) bond motifs is 1. The molecule has 1 aliphatic carbocycles. The summed E-state index contributed by atoms with van der Waals surface area (Å²) >= 11 is 0. The molecule has 2 aliphatic heterocycles. The van der Waals surface area contributed by atoms with Crippen LogP contribution in [0.4, 0.5) is 4.79 Å². The van der Waals surface area contributed by atoms with Crippen molar-refractivity contribution in [2.45, 2.75) is 78.0 Å². The van der Waals surface area contributed by atoms with E-state index in [9.17, 15) is 4.79 Å². The minimum Gasteiger partial charge on any atom is -0.433 e. The fourth-order valence-electron chi connectivity index (χ4n) is 5.01. The van der Waals surface area contributed by atoms with Crippen LogP contribution in [0.5, 0.6) is 0 Å². The fourth-order valence-corrected chi connectivity index (χ4v) is 5.01. The van der Waals surface area contributed by atoms with Gasteiger partial charge in [-0.1, -0.05) is 57.5 Å². The van der Waals surface area contributed by atoms with E-state index in [0.29, 0.717) is 30.7 Å². The zero-order chi connectivity index (χ0) is 20.6. The summed E-state index contributed by atoms with van der Waals surface area (Å²) in [7, 11) is 0. The summed E-state index contributed by atoms with van der Waals surface area (Å²) in [6, 6.07) is 9.71. The predicted molar refractivity (Wildman–Crippen MR) is 111 cm³/mol. The summed E-state index contributed by atoms with van der Waals surface area (Å²) in [5.41, 5.74) is 1.07. The first-order valence-electron chi connectivity index (χ1n) is 10.9. The van der Waals surface area contributed by atoms with Crippen molar-refractivity contribution >= 4 is 6.09 Å². The lowest BCUT2D eigenvalue weighted by Crippen LogP contribution is -2.54. The zero-order valence-electron chi connectivity index (χ0n) is 18.0. The molecule has 0 spiro atoms. The number of benzene rings is 1. The van der Waals surface area contributed by atoms with Crippen LogP contribution in [0.1, 0.15) is 58.9 Å². The van der Waals surface area contributed by atoms with Crippen LogP contribution in [0.3, 0.4) is 0 Å². The molecule has 158 valence electrons. The Bertz CT molecular complexity index is 761. The van der Waals surface area contributed by atoms with E-state index in [1.165, 1.54) is 6.42 Å². The number of nitrogens with zero attached hydrogens (tertiary/aromatic N) is 1. The Kier molecular flexibility index (Phi) is 5.60. The van der Waals surface area contributed by atoms with E-state index in [2.05, 4.69) is 20.8 Å². The van der Waals surface area contributed by atoms with Gasteiger partial charge in [-0.15, -0.1) is 0 Å². The molecule has 1 saturated carbocycles. The van der Waals surface area contributed by atoms with Crippen molar-refractivity contribution in [3.8, 4) is 0 Å². The number of allylic oxidation sites excluding steroid dienone is 1. The Morgan fingerprint density at radius 1 is 1.21 bits per heavy atom. The van der Waals surface area contributed by atoms with Crippen LogP contribution < -0.4 is 0 Å². The number of rotatable bonds is 5. The number of ether oxygens (including phenoxy) is 3. The normalized spacial score (nSPS) is 34.4. The minimum atomic E-state index is -1.35. The molecular formula is C24H33NO4. The van der Waals surface area contributed by atoms with Gasteiger partial charge in [-0.05, 0) is 55.6 Å². The monoisotopic (exact) mass is 399 g/mol. The topological polar surface area (TPSA) is 48.0 Å². The van der Waals surface area contributed by atoms with Crippen molar-refractivity contribution in [2.75, 3.05) is 0 Å². The van der Waals surface area contributed by atoms with Gasteiger partial charge in [0.2, 0.25) is 0 Å². The van der Waals surface area contributed by atoms with Crippen LogP contribution in [0, 0.1) is 17.8 Å². The third-order valence-electron chi connectivity index (χ3n) is 6.65. The van der Waals surface area contributed by atoms with Crippen LogP contribution in [-0.4, -0.2) is 29.1 Å². The summed E-state index contributed by atoms with van der Waals surface area (Å²) in [5.74, 6) is 0.959. The highest BCUT2D eigenvalue weighted by Crippen LogP contribution is 2.45. The van der Waals surface area contributed by atoms with Gasteiger partial charge in [-0.25, -0.2) is 4.79 Å². The molecule has 4 rings (SSSR count). The lowest BCUT2D eigenvalue weighted by Gasteiger charge is -2.44. The molecule has 3 unspecified atom stereocenters. The summed E-state index contributed by atoms with van der Waals surface area (Å²) in [5, 5.41) is 0. The maximum atomic E-state index is 12.9. The largest absolute Gasteiger partial charge is 0.433 e. The third-order valence-corrected chi connectivity index (χ3v) is 6.65. The van der Waals surface area contributed by atoms with E-state index in [4.69, 9.17) is 14.2 Å². The van der Waals surface area contributed by atoms with Crippen molar-refractivity contribution in [2.24, 2.45) is 17.8 Å². The highest BCUT2D eigenvalue weighted by Gasteiger charge is 2.60. The number of carbonyl (C=O) groups excluding carboxylic acids is 1. The Morgan fingerprint density at radius 2 is 1.97 bits per heavy atom. The van der Waals surface area contributed by atoms with Crippen LogP contribution in [0.2, 0.25) is 0 Å². The molecule has 5 atom stereocenters.